The fourth-order valence-electron chi connectivity index (χ4n) is 4.00. The highest BCUT2D eigenvalue weighted by molar-refractivity contribution is 6.01. The fourth-order valence-corrected chi connectivity index (χ4v) is 4.00. The summed E-state index contributed by atoms with van der Waals surface area (Å²) < 4.78 is 5.51. The Balaban J connectivity index is 1.84. The highest BCUT2D eigenvalue weighted by Gasteiger charge is 2.52. The Labute approximate surface area is 173 Å². The maximum absolute atomic E-state index is 13.4. The van der Waals surface area contributed by atoms with Crippen molar-refractivity contribution in [3.63, 3.8) is 0 Å². The van der Waals surface area contributed by atoms with Crippen LogP contribution in [0.1, 0.15) is 16.7 Å². The Morgan fingerprint density at radius 1 is 1.07 bits per heavy atom. The Morgan fingerprint density at radius 2 is 1.77 bits per heavy atom. The minimum absolute atomic E-state index is 0.0469. The number of aliphatic hydroxyl groups is 1. The summed E-state index contributed by atoms with van der Waals surface area (Å²) in [4.78, 5) is 25.6. The van der Waals surface area contributed by atoms with Crippen molar-refractivity contribution in [2.45, 2.75) is 18.2 Å². The Kier molecular flexibility index (Phi) is 5.07. The lowest BCUT2D eigenvalue weighted by Gasteiger charge is -2.44. The zero-order valence-electron chi connectivity index (χ0n) is 16.3. The molecule has 0 fully saturated rings. The molecule has 3 aromatic carbocycles. The van der Waals surface area contributed by atoms with Gasteiger partial charge >= 0.3 is 0 Å². The number of hydrogen-bond acceptors (Lipinski definition) is 5. The van der Waals surface area contributed by atoms with Crippen molar-refractivity contribution in [3.8, 4) is 0 Å². The van der Waals surface area contributed by atoms with Crippen molar-refractivity contribution in [1.29, 1.82) is 0 Å². The first-order valence-electron chi connectivity index (χ1n) is 9.41. The molecule has 0 spiro atoms. The van der Waals surface area contributed by atoms with E-state index in [1.165, 1.54) is 24.1 Å². The average Bonchev–Trinajstić information content (AvgIpc) is 2.78. The minimum Gasteiger partial charge on any atom is -0.377 e. The molecule has 3 aromatic rings. The van der Waals surface area contributed by atoms with E-state index in [0.29, 0.717) is 22.4 Å². The van der Waals surface area contributed by atoms with E-state index in [1.807, 2.05) is 6.07 Å². The van der Waals surface area contributed by atoms with Crippen LogP contribution in [0.4, 0.5) is 11.4 Å². The summed E-state index contributed by atoms with van der Waals surface area (Å²) in [5, 5.41) is 22.9. The standard InChI is InChI=1S/C23H20N2O5/c1-30-21-22(26)24(15-16-8-7-11-18(14-16)25(28)29)20-13-6-5-12-19(20)23(21,27)17-9-3-2-4-10-17/h2-14,21,27H,15H2,1H3. The smallest absolute Gasteiger partial charge is 0.269 e. The van der Waals surface area contributed by atoms with E-state index in [2.05, 4.69) is 0 Å². The number of methoxy groups -OCH3 is 1. The van der Waals surface area contributed by atoms with Crippen molar-refractivity contribution in [3.05, 3.63) is 106 Å². The molecule has 0 radical (unpaired) electrons. The van der Waals surface area contributed by atoms with Gasteiger partial charge in [0.15, 0.2) is 11.7 Å². The van der Waals surface area contributed by atoms with Gasteiger partial charge in [0.05, 0.1) is 17.2 Å². The lowest BCUT2D eigenvalue weighted by molar-refractivity contribution is -0.384. The number of nitrogens with zero attached hydrogens (tertiary/aromatic N) is 2. The molecule has 4 rings (SSSR count). The molecule has 7 heteroatoms. The predicted octanol–water partition coefficient (Wildman–Crippen LogP) is 3.39. The minimum atomic E-state index is -1.66. The van der Waals surface area contributed by atoms with Crippen LogP contribution >= 0.6 is 0 Å². The number of nitro benzene ring substituents is 1. The lowest BCUT2D eigenvalue weighted by atomic mass is 9.77. The molecule has 30 heavy (non-hydrogen) atoms. The fraction of sp³-hybridized carbons (Fsp3) is 0.174. The zero-order valence-corrected chi connectivity index (χ0v) is 16.3. The van der Waals surface area contributed by atoms with Crippen LogP contribution in [0.2, 0.25) is 0 Å². The van der Waals surface area contributed by atoms with E-state index in [-0.39, 0.29) is 12.2 Å². The first-order chi connectivity index (χ1) is 14.5. The highest BCUT2D eigenvalue weighted by Crippen LogP contribution is 2.44. The van der Waals surface area contributed by atoms with Gasteiger partial charge in [0.2, 0.25) is 0 Å². The second-order valence-corrected chi connectivity index (χ2v) is 7.12. The highest BCUT2D eigenvalue weighted by atomic mass is 16.6. The summed E-state index contributed by atoms with van der Waals surface area (Å²) in [6.07, 6.45) is -1.17. The number of nitro groups is 1. The topological polar surface area (TPSA) is 92.9 Å². The van der Waals surface area contributed by atoms with E-state index in [1.54, 1.807) is 60.7 Å². The molecule has 1 heterocycles. The van der Waals surface area contributed by atoms with Gasteiger partial charge in [0, 0.05) is 24.8 Å². The normalized spacial score (nSPS) is 20.7. The molecule has 1 amide bonds. The summed E-state index contributed by atoms with van der Waals surface area (Å²) >= 11 is 0. The Hall–Kier alpha value is -3.55. The van der Waals surface area contributed by atoms with Crippen LogP contribution in [0, 0.1) is 10.1 Å². The number of para-hydroxylation sites is 1. The van der Waals surface area contributed by atoms with Crippen LogP contribution in [0.15, 0.2) is 78.9 Å². The largest absolute Gasteiger partial charge is 0.377 e. The molecule has 0 aromatic heterocycles. The van der Waals surface area contributed by atoms with Crippen LogP contribution in [0.3, 0.4) is 0 Å². The first kappa shape index (κ1) is 19.8. The zero-order chi connectivity index (χ0) is 21.3. The summed E-state index contributed by atoms with van der Waals surface area (Å²) in [5.41, 5.74) is 0.513. The second kappa shape index (κ2) is 7.70. The number of hydrogen-bond donors (Lipinski definition) is 1. The molecule has 0 saturated carbocycles. The molecule has 1 N–H and O–H groups in total. The number of non-ortho nitro benzene ring substituents is 1. The van der Waals surface area contributed by atoms with Gasteiger partial charge in [-0.15, -0.1) is 0 Å². The van der Waals surface area contributed by atoms with Gasteiger partial charge in [0.1, 0.15) is 0 Å². The molecular weight excluding hydrogens is 384 g/mol. The van der Waals surface area contributed by atoms with E-state index in [9.17, 15) is 20.0 Å². The quantitative estimate of drug-likeness (QED) is 0.520. The monoisotopic (exact) mass is 404 g/mol. The Bertz CT molecular complexity index is 1100. The number of ether oxygens (including phenoxy) is 1. The third-order valence-electron chi connectivity index (χ3n) is 5.39. The lowest BCUT2D eigenvalue weighted by Crippen LogP contribution is -2.57. The summed E-state index contributed by atoms with van der Waals surface area (Å²) in [7, 11) is 1.38. The number of carbonyl (C=O) groups is 1. The number of anilines is 1. The molecule has 0 bridgehead atoms. The molecule has 152 valence electrons. The van der Waals surface area contributed by atoms with Crippen LogP contribution < -0.4 is 4.90 Å². The molecule has 7 nitrogen and oxygen atoms in total. The van der Waals surface area contributed by atoms with Gasteiger partial charge in [-0.3, -0.25) is 14.9 Å². The van der Waals surface area contributed by atoms with Crippen LogP contribution in [0.25, 0.3) is 0 Å². The number of fused-ring (bicyclic) bond motifs is 1. The Morgan fingerprint density at radius 3 is 2.47 bits per heavy atom. The predicted molar refractivity (Wildman–Crippen MR) is 111 cm³/mol. The first-order valence-corrected chi connectivity index (χ1v) is 9.41. The van der Waals surface area contributed by atoms with Crippen molar-refractivity contribution < 1.29 is 19.6 Å². The molecule has 1 aliphatic rings. The second-order valence-electron chi connectivity index (χ2n) is 7.12. The number of carbonyl (C=O) groups excluding carboxylic acids is 1. The number of rotatable bonds is 5. The van der Waals surface area contributed by atoms with Crippen LogP contribution in [-0.4, -0.2) is 29.2 Å². The molecule has 2 atom stereocenters. The van der Waals surface area contributed by atoms with E-state index < -0.39 is 22.5 Å². The van der Waals surface area contributed by atoms with Gasteiger partial charge in [0.25, 0.3) is 11.6 Å². The molecule has 0 aliphatic carbocycles. The van der Waals surface area contributed by atoms with Crippen LogP contribution in [-0.2, 0) is 21.7 Å². The average molecular weight is 404 g/mol. The SMILES string of the molecule is COC1C(=O)N(Cc2cccc([N+](=O)[O-])c2)c2ccccc2C1(O)c1ccccc1. The van der Waals surface area contributed by atoms with E-state index >= 15 is 0 Å². The summed E-state index contributed by atoms with van der Waals surface area (Å²) in [5.74, 6) is -0.422. The molecule has 2 unspecified atom stereocenters. The van der Waals surface area contributed by atoms with Crippen molar-refractivity contribution in [2.24, 2.45) is 0 Å². The number of benzene rings is 3. The van der Waals surface area contributed by atoms with Crippen molar-refractivity contribution in [1.82, 2.24) is 0 Å². The number of amides is 1. The maximum atomic E-state index is 13.4. The van der Waals surface area contributed by atoms with Gasteiger partial charge in [-0.2, -0.15) is 0 Å². The van der Waals surface area contributed by atoms with Gasteiger partial charge in [-0.25, -0.2) is 0 Å². The van der Waals surface area contributed by atoms with Crippen LogP contribution in [0.5, 0.6) is 0 Å². The third kappa shape index (κ3) is 3.14. The van der Waals surface area contributed by atoms with E-state index in [4.69, 9.17) is 4.74 Å². The molecule has 1 aliphatic heterocycles. The maximum Gasteiger partial charge on any atom is 0.269 e. The summed E-state index contributed by atoms with van der Waals surface area (Å²) in [6.45, 7) is 0.113. The summed E-state index contributed by atoms with van der Waals surface area (Å²) in [6, 6.07) is 22.2. The molecular formula is C23H20N2O5. The van der Waals surface area contributed by atoms with Gasteiger partial charge in [-0.05, 0) is 17.2 Å². The third-order valence-corrected chi connectivity index (χ3v) is 5.39. The van der Waals surface area contributed by atoms with Crippen molar-refractivity contribution >= 4 is 17.3 Å². The van der Waals surface area contributed by atoms with Crippen molar-refractivity contribution in [2.75, 3.05) is 12.0 Å². The van der Waals surface area contributed by atoms with Gasteiger partial charge in [-0.1, -0.05) is 60.7 Å². The van der Waals surface area contributed by atoms with E-state index in [0.717, 1.165) is 0 Å². The van der Waals surface area contributed by atoms with Gasteiger partial charge < -0.3 is 14.7 Å². The molecule has 0 saturated heterocycles.